The van der Waals surface area contributed by atoms with E-state index in [1.807, 2.05) is 0 Å². The lowest BCUT2D eigenvalue weighted by atomic mass is 10.2. The normalized spacial score (nSPS) is 19.0. The molecule has 3 rings (SSSR count). The minimum absolute atomic E-state index is 0.533. The molecule has 114 valence electrons. The molecule has 0 aromatic carbocycles. The Morgan fingerprint density at radius 1 is 1.43 bits per heavy atom. The Bertz CT molecular complexity index is 607. The summed E-state index contributed by atoms with van der Waals surface area (Å²) in [6.45, 7) is 8.74. The average Bonchev–Trinajstić information content (AvgIpc) is 3.10. The number of rotatable bonds is 5. The zero-order chi connectivity index (χ0) is 14.8. The second-order valence-electron chi connectivity index (χ2n) is 6.03. The molecule has 1 aliphatic heterocycles. The summed E-state index contributed by atoms with van der Waals surface area (Å²) >= 11 is 1.80. The van der Waals surface area contributed by atoms with Crippen molar-refractivity contribution >= 4 is 27.4 Å². The van der Waals surface area contributed by atoms with Crippen LogP contribution in [0.25, 0.3) is 10.2 Å². The molecule has 0 aliphatic carbocycles. The van der Waals surface area contributed by atoms with Gasteiger partial charge in [0.1, 0.15) is 17.0 Å². The molecular weight excluding hydrogens is 280 g/mol. The maximum absolute atomic E-state index is 4.61. The molecule has 5 heteroatoms. The number of hydrogen-bond acceptors (Lipinski definition) is 5. The third-order valence-electron chi connectivity index (χ3n) is 4.12. The van der Waals surface area contributed by atoms with Crippen molar-refractivity contribution in [3.05, 3.63) is 17.3 Å². The third-order valence-corrected chi connectivity index (χ3v) is 5.31. The van der Waals surface area contributed by atoms with E-state index in [2.05, 4.69) is 47.0 Å². The first-order valence-corrected chi connectivity index (χ1v) is 8.74. The topological polar surface area (TPSA) is 41.0 Å². The van der Waals surface area contributed by atoms with Crippen LogP contribution in [0, 0.1) is 0 Å². The molecule has 21 heavy (non-hydrogen) atoms. The molecule has 0 bridgehead atoms. The highest BCUT2D eigenvalue weighted by Crippen LogP contribution is 2.33. The van der Waals surface area contributed by atoms with Crippen LogP contribution in [0.15, 0.2) is 12.4 Å². The van der Waals surface area contributed by atoms with Crippen LogP contribution in [0.2, 0.25) is 0 Å². The lowest BCUT2D eigenvalue weighted by Crippen LogP contribution is -2.40. The molecule has 1 aliphatic rings. The first-order valence-electron chi connectivity index (χ1n) is 7.92. The van der Waals surface area contributed by atoms with E-state index in [1.165, 1.54) is 23.1 Å². The molecule has 1 unspecified atom stereocenters. The molecule has 4 nitrogen and oxygen atoms in total. The van der Waals surface area contributed by atoms with E-state index in [-0.39, 0.29) is 0 Å². The molecule has 1 saturated heterocycles. The lowest BCUT2D eigenvalue weighted by Gasteiger charge is -2.27. The van der Waals surface area contributed by atoms with Gasteiger partial charge in [0.25, 0.3) is 0 Å². The smallest absolute Gasteiger partial charge is 0.141 e. The summed E-state index contributed by atoms with van der Waals surface area (Å²) in [6.07, 6.45) is 5.29. The molecule has 1 atom stereocenters. The Morgan fingerprint density at radius 2 is 2.29 bits per heavy atom. The fourth-order valence-corrected chi connectivity index (χ4v) is 3.92. The predicted molar refractivity (Wildman–Crippen MR) is 90.3 cm³/mol. The molecule has 0 spiro atoms. The Hall–Kier alpha value is -1.20. The van der Waals surface area contributed by atoms with Gasteiger partial charge in [0.2, 0.25) is 0 Å². The summed E-state index contributed by atoms with van der Waals surface area (Å²) in [7, 11) is 0. The molecule has 2 aromatic heterocycles. The number of thiophene rings is 1. The van der Waals surface area contributed by atoms with Gasteiger partial charge in [-0.25, -0.2) is 9.97 Å². The van der Waals surface area contributed by atoms with Crippen molar-refractivity contribution < 1.29 is 0 Å². The third kappa shape index (κ3) is 3.04. The Labute approximate surface area is 130 Å². The standard InChI is InChI=1S/C16H24N4S/c1-4-13-8-14-15(18-10-19-16(14)21-13)20-7-5-6-12(20)9-17-11(2)3/h8,10-12,17H,4-7,9H2,1-3H3. The summed E-state index contributed by atoms with van der Waals surface area (Å²) in [5.41, 5.74) is 0. The number of aromatic nitrogens is 2. The van der Waals surface area contributed by atoms with Crippen LogP contribution in [0.5, 0.6) is 0 Å². The van der Waals surface area contributed by atoms with Crippen molar-refractivity contribution in [2.45, 2.75) is 52.1 Å². The fourth-order valence-electron chi connectivity index (χ4n) is 2.99. The minimum Gasteiger partial charge on any atom is -0.352 e. The molecular formula is C16H24N4S. The van der Waals surface area contributed by atoms with Gasteiger partial charge < -0.3 is 10.2 Å². The van der Waals surface area contributed by atoms with E-state index in [0.717, 1.165) is 30.2 Å². The number of hydrogen-bond donors (Lipinski definition) is 1. The Kier molecular flexibility index (Phi) is 4.40. The van der Waals surface area contributed by atoms with Gasteiger partial charge in [0, 0.05) is 30.1 Å². The summed E-state index contributed by atoms with van der Waals surface area (Å²) in [5.74, 6) is 1.13. The van der Waals surface area contributed by atoms with Crippen molar-refractivity contribution in [3.8, 4) is 0 Å². The maximum Gasteiger partial charge on any atom is 0.141 e. The summed E-state index contributed by atoms with van der Waals surface area (Å²) < 4.78 is 0. The summed E-state index contributed by atoms with van der Waals surface area (Å²) in [4.78, 5) is 14.0. The van der Waals surface area contributed by atoms with Crippen molar-refractivity contribution in [2.24, 2.45) is 0 Å². The molecule has 0 radical (unpaired) electrons. The molecule has 3 heterocycles. The fraction of sp³-hybridized carbons (Fsp3) is 0.625. The average molecular weight is 304 g/mol. The van der Waals surface area contributed by atoms with Crippen LogP contribution >= 0.6 is 11.3 Å². The van der Waals surface area contributed by atoms with Crippen molar-refractivity contribution in [1.29, 1.82) is 0 Å². The zero-order valence-corrected chi connectivity index (χ0v) is 13.9. The van der Waals surface area contributed by atoms with Crippen LogP contribution in [-0.4, -0.2) is 35.1 Å². The number of anilines is 1. The van der Waals surface area contributed by atoms with Crippen LogP contribution in [-0.2, 0) is 6.42 Å². The maximum atomic E-state index is 4.61. The van der Waals surface area contributed by atoms with Gasteiger partial charge in [0.05, 0.1) is 5.39 Å². The number of fused-ring (bicyclic) bond motifs is 1. The number of nitrogens with zero attached hydrogens (tertiary/aromatic N) is 3. The van der Waals surface area contributed by atoms with Crippen LogP contribution in [0.1, 0.15) is 38.5 Å². The van der Waals surface area contributed by atoms with Gasteiger partial charge in [-0.1, -0.05) is 20.8 Å². The van der Waals surface area contributed by atoms with E-state index in [4.69, 9.17) is 0 Å². The Morgan fingerprint density at radius 3 is 3.05 bits per heavy atom. The van der Waals surface area contributed by atoms with Crippen molar-refractivity contribution in [2.75, 3.05) is 18.0 Å². The molecule has 1 fully saturated rings. The van der Waals surface area contributed by atoms with Gasteiger partial charge in [-0.2, -0.15) is 0 Å². The monoisotopic (exact) mass is 304 g/mol. The minimum atomic E-state index is 0.533. The van der Waals surface area contributed by atoms with Crippen LogP contribution in [0.4, 0.5) is 5.82 Å². The van der Waals surface area contributed by atoms with Crippen molar-refractivity contribution in [3.63, 3.8) is 0 Å². The number of nitrogens with one attached hydrogen (secondary N) is 1. The predicted octanol–water partition coefficient (Wildman–Crippen LogP) is 3.22. The van der Waals surface area contributed by atoms with E-state index < -0.39 is 0 Å². The van der Waals surface area contributed by atoms with Gasteiger partial charge >= 0.3 is 0 Å². The van der Waals surface area contributed by atoms with Crippen LogP contribution in [0.3, 0.4) is 0 Å². The Balaban J connectivity index is 1.89. The van der Waals surface area contributed by atoms with E-state index in [1.54, 1.807) is 17.7 Å². The first kappa shape index (κ1) is 14.7. The highest BCUT2D eigenvalue weighted by Gasteiger charge is 2.27. The summed E-state index contributed by atoms with van der Waals surface area (Å²) in [5, 5.41) is 4.80. The van der Waals surface area contributed by atoms with Crippen LogP contribution < -0.4 is 10.2 Å². The lowest BCUT2D eigenvalue weighted by molar-refractivity contribution is 0.523. The largest absolute Gasteiger partial charge is 0.352 e. The molecule has 0 saturated carbocycles. The molecule has 1 N–H and O–H groups in total. The quantitative estimate of drug-likeness (QED) is 0.921. The second-order valence-corrected chi connectivity index (χ2v) is 7.15. The number of aryl methyl sites for hydroxylation is 1. The van der Waals surface area contributed by atoms with E-state index >= 15 is 0 Å². The van der Waals surface area contributed by atoms with Gasteiger partial charge in [-0.05, 0) is 25.3 Å². The van der Waals surface area contributed by atoms with E-state index in [0.29, 0.717) is 12.1 Å². The molecule has 0 amide bonds. The zero-order valence-electron chi connectivity index (χ0n) is 13.1. The summed E-state index contributed by atoms with van der Waals surface area (Å²) in [6, 6.07) is 3.36. The van der Waals surface area contributed by atoms with Gasteiger partial charge in [-0.3, -0.25) is 0 Å². The highest BCUT2D eigenvalue weighted by atomic mass is 32.1. The van der Waals surface area contributed by atoms with Crippen molar-refractivity contribution in [1.82, 2.24) is 15.3 Å². The van der Waals surface area contributed by atoms with Gasteiger partial charge in [-0.15, -0.1) is 11.3 Å². The van der Waals surface area contributed by atoms with E-state index in [9.17, 15) is 0 Å². The highest BCUT2D eigenvalue weighted by molar-refractivity contribution is 7.18. The van der Waals surface area contributed by atoms with Gasteiger partial charge in [0.15, 0.2) is 0 Å². The molecule has 2 aromatic rings. The second kappa shape index (κ2) is 6.28. The SMILES string of the molecule is CCc1cc2c(N3CCCC3CNC(C)C)ncnc2s1. The first-order chi connectivity index (χ1) is 10.2.